The second kappa shape index (κ2) is 10.2. The molecule has 8 nitrogen and oxygen atoms in total. The molecule has 1 aromatic carbocycles. The summed E-state index contributed by atoms with van der Waals surface area (Å²) in [5.41, 5.74) is -2.82. The molecule has 3 heterocycles. The van der Waals surface area contributed by atoms with Gasteiger partial charge in [-0.15, -0.1) is 0 Å². The molecule has 1 fully saturated rings. The highest BCUT2D eigenvalue weighted by atomic mass is 32.2. The van der Waals surface area contributed by atoms with Gasteiger partial charge in [0.15, 0.2) is 0 Å². The largest absolute Gasteiger partial charge is 0.446 e. The standard InChI is InChI=1S/C22H22F3N7OS/c1-15-6-7-26-18(12-15)30-19-13-20(28-14-27-19)31-8-10-32(11-9-31)21(33)29-16-2-4-17(5-3-16)34-22(23,24)25/h2-7,12-14H,8-11H2,1H3,(H,29,33)(H,26,27,28,30). The summed E-state index contributed by atoms with van der Waals surface area (Å²) < 4.78 is 37.4. The van der Waals surface area contributed by atoms with Gasteiger partial charge in [-0.3, -0.25) is 0 Å². The predicted molar refractivity (Wildman–Crippen MR) is 125 cm³/mol. The fourth-order valence-corrected chi connectivity index (χ4v) is 3.94. The Hall–Kier alpha value is -3.54. The second-order valence-corrected chi connectivity index (χ2v) is 8.72. The monoisotopic (exact) mass is 489 g/mol. The summed E-state index contributed by atoms with van der Waals surface area (Å²) in [4.78, 5) is 29.2. The third kappa shape index (κ3) is 6.50. The molecular formula is C22H22F3N7OS. The quantitative estimate of drug-likeness (QED) is 0.494. The van der Waals surface area contributed by atoms with Gasteiger partial charge >= 0.3 is 11.5 Å². The molecule has 1 aliphatic rings. The lowest BCUT2D eigenvalue weighted by atomic mass is 10.3. The van der Waals surface area contributed by atoms with Crippen LogP contribution >= 0.6 is 11.8 Å². The van der Waals surface area contributed by atoms with Crippen LogP contribution in [0.2, 0.25) is 0 Å². The van der Waals surface area contributed by atoms with Gasteiger partial charge in [-0.05, 0) is 60.6 Å². The number of urea groups is 1. The molecule has 2 N–H and O–H groups in total. The maximum Gasteiger partial charge on any atom is 0.446 e. The maximum atomic E-state index is 12.6. The van der Waals surface area contributed by atoms with Crippen LogP contribution in [-0.2, 0) is 0 Å². The Morgan fingerprint density at radius 3 is 2.35 bits per heavy atom. The number of thioether (sulfide) groups is 1. The molecule has 34 heavy (non-hydrogen) atoms. The van der Waals surface area contributed by atoms with Crippen LogP contribution in [0, 0.1) is 6.92 Å². The number of aryl methyl sites for hydroxylation is 1. The Balaban J connectivity index is 1.30. The summed E-state index contributed by atoms with van der Waals surface area (Å²) in [5.74, 6) is 2.05. The van der Waals surface area contributed by atoms with Crippen molar-refractivity contribution in [3.8, 4) is 0 Å². The van der Waals surface area contributed by atoms with E-state index < -0.39 is 5.51 Å². The molecule has 178 valence electrons. The molecule has 0 spiro atoms. The Labute approximate surface area is 198 Å². The van der Waals surface area contributed by atoms with Gasteiger partial charge in [0.05, 0.1) is 0 Å². The van der Waals surface area contributed by atoms with Crippen LogP contribution in [-0.4, -0.2) is 57.6 Å². The van der Waals surface area contributed by atoms with Crippen molar-refractivity contribution in [3.63, 3.8) is 0 Å². The molecule has 3 aromatic rings. The number of alkyl halides is 3. The number of aromatic nitrogens is 3. The van der Waals surface area contributed by atoms with Crippen molar-refractivity contribution in [2.24, 2.45) is 0 Å². The predicted octanol–water partition coefficient (Wildman–Crippen LogP) is 4.89. The van der Waals surface area contributed by atoms with Crippen LogP contribution in [0.3, 0.4) is 0 Å². The Morgan fingerprint density at radius 2 is 1.68 bits per heavy atom. The lowest BCUT2D eigenvalue weighted by molar-refractivity contribution is -0.0328. The fourth-order valence-electron chi connectivity index (χ4n) is 3.41. The van der Waals surface area contributed by atoms with E-state index in [9.17, 15) is 18.0 Å². The average Bonchev–Trinajstić information content (AvgIpc) is 2.80. The molecule has 0 radical (unpaired) electrons. The number of rotatable bonds is 5. The summed E-state index contributed by atoms with van der Waals surface area (Å²) in [6.45, 7) is 4.08. The summed E-state index contributed by atoms with van der Waals surface area (Å²) in [5, 5.41) is 5.90. The highest BCUT2D eigenvalue weighted by Crippen LogP contribution is 2.37. The number of hydrogen-bond donors (Lipinski definition) is 2. The Bertz CT molecular complexity index is 1140. The topological polar surface area (TPSA) is 86.3 Å². The van der Waals surface area contributed by atoms with E-state index in [2.05, 4.69) is 30.5 Å². The van der Waals surface area contributed by atoms with E-state index in [4.69, 9.17) is 0 Å². The molecule has 0 unspecified atom stereocenters. The van der Waals surface area contributed by atoms with Gasteiger partial charge in [-0.25, -0.2) is 19.7 Å². The molecule has 0 aliphatic carbocycles. The highest BCUT2D eigenvalue weighted by molar-refractivity contribution is 8.00. The van der Waals surface area contributed by atoms with Crippen molar-refractivity contribution in [2.75, 3.05) is 41.7 Å². The first-order valence-corrected chi connectivity index (χ1v) is 11.3. The van der Waals surface area contributed by atoms with Crippen LogP contribution in [0.15, 0.2) is 59.9 Å². The van der Waals surface area contributed by atoms with Crippen molar-refractivity contribution in [1.82, 2.24) is 19.9 Å². The van der Waals surface area contributed by atoms with Gasteiger partial charge in [-0.2, -0.15) is 13.2 Å². The molecular weight excluding hydrogens is 467 g/mol. The minimum Gasteiger partial charge on any atom is -0.353 e. The number of nitrogens with one attached hydrogen (secondary N) is 2. The van der Waals surface area contributed by atoms with Crippen molar-refractivity contribution in [1.29, 1.82) is 0 Å². The minimum atomic E-state index is -4.34. The van der Waals surface area contributed by atoms with E-state index in [-0.39, 0.29) is 22.7 Å². The zero-order valence-electron chi connectivity index (χ0n) is 18.2. The number of nitrogens with zero attached hydrogens (tertiary/aromatic N) is 5. The Kier molecular flexibility index (Phi) is 7.06. The van der Waals surface area contributed by atoms with Crippen LogP contribution in [0.5, 0.6) is 0 Å². The van der Waals surface area contributed by atoms with Gasteiger partial charge in [0.25, 0.3) is 0 Å². The number of pyridine rings is 1. The fraction of sp³-hybridized carbons (Fsp3) is 0.273. The molecule has 1 aliphatic heterocycles. The third-order valence-corrected chi connectivity index (χ3v) is 5.79. The number of hydrogen-bond acceptors (Lipinski definition) is 7. The first-order chi connectivity index (χ1) is 16.2. The molecule has 1 saturated heterocycles. The van der Waals surface area contributed by atoms with E-state index in [1.165, 1.54) is 30.6 Å². The van der Waals surface area contributed by atoms with Crippen molar-refractivity contribution >= 4 is 40.9 Å². The van der Waals surface area contributed by atoms with Crippen LogP contribution < -0.4 is 15.5 Å². The first kappa shape index (κ1) is 23.6. The Morgan fingerprint density at radius 1 is 0.971 bits per heavy atom. The molecule has 0 saturated carbocycles. The number of carbonyl (C=O) groups excluding carboxylic acids is 1. The van der Waals surface area contributed by atoms with Crippen molar-refractivity contribution < 1.29 is 18.0 Å². The number of piperazine rings is 1. The van der Waals surface area contributed by atoms with Gasteiger partial charge < -0.3 is 20.4 Å². The minimum absolute atomic E-state index is 0.0657. The van der Waals surface area contributed by atoms with E-state index >= 15 is 0 Å². The molecule has 0 bridgehead atoms. The smallest absolute Gasteiger partial charge is 0.353 e. The van der Waals surface area contributed by atoms with E-state index in [0.717, 1.165) is 11.4 Å². The number of halogens is 3. The molecule has 12 heteroatoms. The van der Waals surface area contributed by atoms with Crippen LogP contribution in [0.1, 0.15) is 5.56 Å². The van der Waals surface area contributed by atoms with Crippen LogP contribution in [0.25, 0.3) is 0 Å². The zero-order valence-corrected chi connectivity index (χ0v) is 19.0. The van der Waals surface area contributed by atoms with Gasteiger partial charge in [0.2, 0.25) is 0 Å². The SMILES string of the molecule is Cc1ccnc(Nc2cc(N3CCN(C(=O)Nc4ccc(SC(F)(F)F)cc4)CC3)ncn2)c1. The summed E-state index contributed by atoms with van der Waals surface area (Å²) >= 11 is -0.191. The highest BCUT2D eigenvalue weighted by Gasteiger charge is 2.29. The summed E-state index contributed by atoms with van der Waals surface area (Å²) in [7, 11) is 0. The van der Waals surface area contributed by atoms with E-state index in [1.54, 1.807) is 11.1 Å². The summed E-state index contributed by atoms with van der Waals surface area (Å²) in [6.07, 6.45) is 3.20. The normalized spacial score (nSPS) is 14.1. The second-order valence-electron chi connectivity index (χ2n) is 7.58. The maximum absolute atomic E-state index is 12.6. The third-order valence-electron chi connectivity index (χ3n) is 5.05. The number of amides is 2. The number of benzene rings is 1. The van der Waals surface area contributed by atoms with Gasteiger partial charge in [0.1, 0.15) is 23.8 Å². The molecule has 2 amide bonds. The number of carbonyl (C=O) groups is 1. The zero-order chi connectivity index (χ0) is 24.1. The van der Waals surface area contributed by atoms with Gasteiger partial charge in [0, 0.05) is 49.0 Å². The first-order valence-electron chi connectivity index (χ1n) is 10.4. The molecule has 2 aromatic heterocycles. The van der Waals surface area contributed by atoms with Crippen molar-refractivity contribution in [2.45, 2.75) is 17.3 Å². The van der Waals surface area contributed by atoms with Gasteiger partial charge in [-0.1, -0.05) is 0 Å². The summed E-state index contributed by atoms with van der Waals surface area (Å²) in [6, 6.07) is 10.9. The molecule has 0 atom stereocenters. The average molecular weight is 490 g/mol. The van der Waals surface area contributed by atoms with Crippen molar-refractivity contribution in [3.05, 3.63) is 60.6 Å². The number of anilines is 4. The molecule has 4 rings (SSSR count). The lowest BCUT2D eigenvalue weighted by Crippen LogP contribution is -2.50. The lowest BCUT2D eigenvalue weighted by Gasteiger charge is -2.35. The van der Waals surface area contributed by atoms with Crippen LogP contribution in [0.4, 0.5) is 41.1 Å². The van der Waals surface area contributed by atoms with E-state index in [0.29, 0.717) is 43.5 Å². The van der Waals surface area contributed by atoms with E-state index in [1.807, 2.05) is 25.1 Å².